The SMILES string of the molecule is NC1=NC[C@H](F)[C@](c2cc(Br)ccc2F)(C(F)F)O1. The second-order valence-corrected chi connectivity index (χ2v) is 4.88. The molecule has 2 N–H and O–H groups in total. The predicted molar refractivity (Wildman–Crippen MR) is 64.3 cm³/mol. The van der Waals surface area contributed by atoms with Crippen LogP contribution in [0.3, 0.4) is 0 Å². The Kier molecular flexibility index (Phi) is 3.71. The van der Waals surface area contributed by atoms with Crippen molar-refractivity contribution < 1.29 is 22.3 Å². The van der Waals surface area contributed by atoms with E-state index in [4.69, 9.17) is 10.5 Å². The van der Waals surface area contributed by atoms with Gasteiger partial charge in [-0.15, -0.1) is 0 Å². The van der Waals surface area contributed by atoms with Gasteiger partial charge in [0.05, 0.1) is 6.54 Å². The lowest BCUT2D eigenvalue weighted by Gasteiger charge is -2.38. The van der Waals surface area contributed by atoms with Gasteiger partial charge in [0.2, 0.25) is 5.60 Å². The fourth-order valence-electron chi connectivity index (χ4n) is 1.89. The third-order valence-electron chi connectivity index (χ3n) is 2.82. The number of benzene rings is 1. The first-order valence-corrected chi connectivity index (χ1v) is 6.04. The molecule has 1 heterocycles. The highest BCUT2D eigenvalue weighted by molar-refractivity contribution is 9.10. The van der Waals surface area contributed by atoms with Crippen molar-refractivity contribution in [3.63, 3.8) is 0 Å². The molecule has 1 aliphatic rings. The highest BCUT2D eigenvalue weighted by Crippen LogP contribution is 2.41. The molecule has 0 aromatic heterocycles. The van der Waals surface area contributed by atoms with E-state index in [0.29, 0.717) is 4.47 Å². The first kappa shape index (κ1) is 14.1. The maximum absolute atomic E-state index is 14.0. The smallest absolute Gasteiger partial charge is 0.285 e. The van der Waals surface area contributed by atoms with Gasteiger partial charge in [-0.05, 0) is 18.2 Å². The van der Waals surface area contributed by atoms with Crippen LogP contribution in [0.5, 0.6) is 0 Å². The number of nitrogens with two attached hydrogens (primary N) is 1. The van der Waals surface area contributed by atoms with Crippen molar-refractivity contribution in [1.82, 2.24) is 0 Å². The topological polar surface area (TPSA) is 47.6 Å². The zero-order chi connectivity index (χ0) is 14.2. The van der Waals surface area contributed by atoms with E-state index in [-0.39, 0.29) is 0 Å². The molecule has 0 unspecified atom stereocenters. The van der Waals surface area contributed by atoms with Crippen molar-refractivity contribution in [3.05, 3.63) is 34.1 Å². The van der Waals surface area contributed by atoms with Gasteiger partial charge in [-0.1, -0.05) is 15.9 Å². The summed E-state index contributed by atoms with van der Waals surface area (Å²) in [6.07, 6.45) is -5.51. The lowest BCUT2D eigenvalue weighted by Crippen LogP contribution is -2.53. The van der Waals surface area contributed by atoms with Gasteiger partial charge in [0.15, 0.2) is 6.17 Å². The zero-order valence-electron chi connectivity index (χ0n) is 9.42. The zero-order valence-corrected chi connectivity index (χ0v) is 11.0. The lowest BCUT2D eigenvalue weighted by molar-refractivity contribution is -0.142. The van der Waals surface area contributed by atoms with Crippen LogP contribution in [-0.2, 0) is 10.3 Å². The van der Waals surface area contributed by atoms with Crippen molar-refractivity contribution in [3.8, 4) is 0 Å². The van der Waals surface area contributed by atoms with Crippen LogP contribution in [0, 0.1) is 5.82 Å². The molecule has 1 aromatic carbocycles. The van der Waals surface area contributed by atoms with Gasteiger partial charge in [-0.3, -0.25) is 0 Å². The van der Waals surface area contributed by atoms with Gasteiger partial charge in [0.25, 0.3) is 12.4 Å². The summed E-state index contributed by atoms with van der Waals surface area (Å²) in [6, 6.07) is 2.72. The fraction of sp³-hybridized carbons (Fsp3) is 0.364. The molecule has 0 radical (unpaired) electrons. The Morgan fingerprint density at radius 3 is 2.79 bits per heavy atom. The average molecular weight is 341 g/mol. The van der Waals surface area contributed by atoms with E-state index >= 15 is 0 Å². The minimum atomic E-state index is -3.31. The van der Waals surface area contributed by atoms with E-state index in [1.807, 2.05) is 0 Å². The van der Waals surface area contributed by atoms with Crippen LogP contribution in [-0.4, -0.2) is 25.2 Å². The van der Waals surface area contributed by atoms with E-state index in [1.54, 1.807) is 0 Å². The number of hydrogen-bond acceptors (Lipinski definition) is 3. The lowest BCUT2D eigenvalue weighted by atomic mass is 9.87. The molecule has 0 spiro atoms. The van der Waals surface area contributed by atoms with Crippen molar-refractivity contribution in [2.75, 3.05) is 6.54 Å². The molecule has 0 amide bonds. The quantitative estimate of drug-likeness (QED) is 0.841. The molecule has 0 bridgehead atoms. The molecule has 1 aliphatic heterocycles. The maximum Gasteiger partial charge on any atom is 0.285 e. The van der Waals surface area contributed by atoms with Crippen molar-refractivity contribution in [2.24, 2.45) is 10.7 Å². The Balaban J connectivity index is 2.63. The van der Waals surface area contributed by atoms with Gasteiger partial charge in [0, 0.05) is 10.0 Å². The number of amidine groups is 1. The number of ether oxygens (including phenoxy) is 1. The molecule has 104 valence electrons. The Hall–Kier alpha value is -1.31. The number of halogens is 5. The summed E-state index contributed by atoms with van der Waals surface area (Å²) in [6.45, 7) is -0.609. The van der Waals surface area contributed by atoms with Crippen LogP contribution in [0.25, 0.3) is 0 Å². The molecule has 3 nitrogen and oxygen atoms in total. The highest BCUT2D eigenvalue weighted by atomic mass is 79.9. The molecular formula is C11H9BrF4N2O. The monoisotopic (exact) mass is 340 g/mol. The summed E-state index contributed by atoms with van der Waals surface area (Å²) in [5, 5.41) is 0. The molecule has 19 heavy (non-hydrogen) atoms. The first-order valence-electron chi connectivity index (χ1n) is 5.24. The van der Waals surface area contributed by atoms with Crippen molar-refractivity contribution >= 4 is 22.0 Å². The van der Waals surface area contributed by atoms with E-state index in [0.717, 1.165) is 12.1 Å². The van der Waals surface area contributed by atoms with Crippen LogP contribution in [0.15, 0.2) is 27.7 Å². The highest BCUT2D eigenvalue weighted by Gasteiger charge is 2.55. The van der Waals surface area contributed by atoms with Gasteiger partial charge in [-0.25, -0.2) is 22.6 Å². The molecule has 2 atom stereocenters. The Morgan fingerprint density at radius 1 is 1.47 bits per heavy atom. The predicted octanol–water partition coefficient (Wildman–Crippen LogP) is 2.73. The van der Waals surface area contributed by atoms with Crippen LogP contribution >= 0.6 is 15.9 Å². The number of aliphatic imine (C=N–C) groups is 1. The third-order valence-corrected chi connectivity index (χ3v) is 3.31. The number of alkyl halides is 3. The Labute approximate surface area is 114 Å². The summed E-state index contributed by atoms with van der Waals surface area (Å²) in [4.78, 5) is 3.40. The molecule has 8 heteroatoms. The molecular weight excluding hydrogens is 332 g/mol. The van der Waals surface area contributed by atoms with Crippen LogP contribution < -0.4 is 5.73 Å². The fourth-order valence-corrected chi connectivity index (χ4v) is 2.26. The van der Waals surface area contributed by atoms with Gasteiger partial charge >= 0.3 is 0 Å². The normalized spacial score (nSPS) is 27.1. The number of rotatable bonds is 2. The van der Waals surface area contributed by atoms with Gasteiger partial charge in [-0.2, -0.15) is 0 Å². The maximum atomic E-state index is 14.0. The Morgan fingerprint density at radius 2 is 2.16 bits per heavy atom. The summed E-state index contributed by atoms with van der Waals surface area (Å²) in [5.41, 5.74) is 1.86. The largest absolute Gasteiger partial charge is 0.444 e. The molecule has 0 saturated carbocycles. The van der Waals surface area contributed by atoms with Crippen molar-refractivity contribution in [1.29, 1.82) is 0 Å². The summed E-state index contributed by atoms with van der Waals surface area (Å²) < 4.78 is 59.5. The van der Waals surface area contributed by atoms with E-state index in [2.05, 4.69) is 20.9 Å². The average Bonchev–Trinajstić information content (AvgIpc) is 2.35. The molecule has 2 rings (SSSR count). The van der Waals surface area contributed by atoms with Crippen LogP contribution in [0.2, 0.25) is 0 Å². The summed E-state index contributed by atoms with van der Waals surface area (Å²) in [5.74, 6) is -0.999. The third kappa shape index (κ3) is 2.29. The second kappa shape index (κ2) is 4.99. The Bertz CT molecular complexity index is 525. The van der Waals surface area contributed by atoms with Crippen LogP contribution in [0.4, 0.5) is 17.6 Å². The second-order valence-electron chi connectivity index (χ2n) is 3.97. The van der Waals surface area contributed by atoms with Crippen molar-refractivity contribution in [2.45, 2.75) is 18.2 Å². The van der Waals surface area contributed by atoms with Gasteiger partial charge in [0.1, 0.15) is 5.82 Å². The van der Waals surface area contributed by atoms with E-state index < -0.39 is 42.1 Å². The molecule has 1 aromatic rings. The molecule has 0 fully saturated rings. The number of nitrogens with zero attached hydrogens (tertiary/aromatic N) is 1. The van der Waals surface area contributed by atoms with E-state index in [1.165, 1.54) is 6.07 Å². The minimum absolute atomic E-state index is 0.320. The molecule has 0 saturated heterocycles. The van der Waals surface area contributed by atoms with Crippen LogP contribution in [0.1, 0.15) is 5.56 Å². The van der Waals surface area contributed by atoms with Gasteiger partial charge < -0.3 is 10.5 Å². The summed E-state index contributed by atoms with van der Waals surface area (Å²) in [7, 11) is 0. The molecule has 0 aliphatic carbocycles. The summed E-state index contributed by atoms with van der Waals surface area (Å²) >= 11 is 3.02. The standard InChI is InChI=1S/C11H9BrF4N2O/c12-5-1-2-7(13)6(3-5)11(9(15)16)8(14)4-18-10(17)19-11/h1-3,8-9H,4H2,(H2,17,18)/t8-,11+/m0/s1. The minimum Gasteiger partial charge on any atom is -0.444 e. The number of hydrogen-bond donors (Lipinski definition) is 1. The van der Waals surface area contributed by atoms with E-state index in [9.17, 15) is 17.6 Å². The first-order chi connectivity index (χ1) is 8.87.